The normalized spacial score (nSPS) is 28.0. The van der Waals surface area contributed by atoms with Gasteiger partial charge in [-0.1, -0.05) is 0 Å². The Balaban J connectivity index is 2.97. The highest BCUT2D eigenvalue weighted by atomic mass is 16.7. The van der Waals surface area contributed by atoms with Gasteiger partial charge in [-0.05, 0) is 0 Å². The van der Waals surface area contributed by atoms with Crippen molar-refractivity contribution in [3.05, 3.63) is 0 Å². The van der Waals surface area contributed by atoms with Crippen molar-refractivity contribution >= 4 is 17.8 Å². The summed E-state index contributed by atoms with van der Waals surface area (Å²) in [6, 6.07) is -0.601. The molecule has 1 rings (SSSR count). The minimum atomic E-state index is -0.832. The van der Waals surface area contributed by atoms with Crippen LogP contribution in [0.2, 0.25) is 0 Å². The second-order valence-corrected chi connectivity index (χ2v) is 4.78. The maximum atomic E-state index is 11.6. The van der Waals surface area contributed by atoms with Gasteiger partial charge in [0.2, 0.25) is 5.91 Å². The highest BCUT2D eigenvalue weighted by Crippen LogP contribution is 2.28. The molecule has 1 saturated heterocycles. The number of rotatable bonds is 5. The number of carbonyl (C=O) groups excluding carboxylic acids is 3. The fourth-order valence-corrected chi connectivity index (χ4v) is 2.23. The molecule has 1 aliphatic rings. The average molecular weight is 303 g/mol. The highest BCUT2D eigenvalue weighted by molar-refractivity contribution is 5.73. The predicted octanol–water partition coefficient (Wildman–Crippen LogP) is -0.301. The van der Waals surface area contributed by atoms with Crippen LogP contribution in [0.15, 0.2) is 0 Å². The number of nitrogens with zero attached hydrogens (tertiary/aromatic N) is 1. The summed E-state index contributed by atoms with van der Waals surface area (Å²) in [5.41, 5.74) is 0. The lowest BCUT2D eigenvalue weighted by molar-refractivity contribution is -0.180. The molecule has 0 aliphatic carbocycles. The lowest BCUT2D eigenvalue weighted by Crippen LogP contribution is -2.50. The third-order valence-corrected chi connectivity index (χ3v) is 3.22. The van der Waals surface area contributed by atoms with E-state index in [1.165, 1.54) is 32.8 Å². The molecule has 4 atom stereocenters. The first kappa shape index (κ1) is 17.4. The minimum Gasteiger partial charge on any atom is -0.463 e. The molecule has 8 nitrogen and oxygen atoms in total. The Kier molecular flexibility index (Phi) is 6.10. The van der Waals surface area contributed by atoms with Gasteiger partial charge >= 0.3 is 11.9 Å². The number of esters is 2. The molecule has 1 amide bonds. The summed E-state index contributed by atoms with van der Waals surface area (Å²) in [6.07, 6.45) is -2.26. The quantitative estimate of drug-likeness (QED) is 0.644. The Morgan fingerprint density at radius 2 is 1.76 bits per heavy atom. The topological polar surface area (TPSA) is 91.4 Å². The van der Waals surface area contributed by atoms with Crippen molar-refractivity contribution in [3.63, 3.8) is 0 Å². The first-order valence-corrected chi connectivity index (χ1v) is 6.50. The summed E-state index contributed by atoms with van der Waals surface area (Å²) >= 11 is 0. The van der Waals surface area contributed by atoms with Crippen LogP contribution in [0.5, 0.6) is 0 Å². The number of methoxy groups -OCH3 is 1. The third-order valence-electron chi connectivity index (χ3n) is 3.22. The first-order valence-electron chi connectivity index (χ1n) is 6.50. The van der Waals surface area contributed by atoms with Crippen molar-refractivity contribution in [1.29, 1.82) is 0 Å². The molecule has 0 bridgehead atoms. The monoisotopic (exact) mass is 303 g/mol. The predicted molar refractivity (Wildman–Crippen MR) is 70.1 cm³/mol. The molecule has 0 aromatic rings. The number of likely N-dealkylation sites (N-methyl/N-ethyl adjacent to an activating group) is 1. The Hall–Kier alpha value is -1.67. The molecule has 0 radical (unpaired) electrons. The molecule has 21 heavy (non-hydrogen) atoms. The van der Waals surface area contributed by atoms with Crippen LogP contribution in [0.25, 0.3) is 0 Å². The van der Waals surface area contributed by atoms with Crippen LogP contribution < -0.4 is 0 Å². The van der Waals surface area contributed by atoms with E-state index in [-0.39, 0.29) is 12.5 Å². The molecule has 1 fully saturated rings. The molecule has 0 aromatic carbocycles. The first-order chi connectivity index (χ1) is 9.77. The summed E-state index contributed by atoms with van der Waals surface area (Å²) in [5, 5.41) is 0. The molecule has 0 saturated carbocycles. The molecule has 0 N–H and O–H groups in total. The molecule has 8 heteroatoms. The zero-order valence-corrected chi connectivity index (χ0v) is 12.8. The zero-order valence-electron chi connectivity index (χ0n) is 12.8. The maximum absolute atomic E-state index is 11.6. The summed E-state index contributed by atoms with van der Waals surface area (Å²) in [6.45, 7) is 3.86. The largest absolute Gasteiger partial charge is 0.463 e. The van der Waals surface area contributed by atoms with E-state index in [0.717, 1.165) is 0 Å². The Morgan fingerprint density at radius 1 is 1.14 bits per heavy atom. The van der Waals surface area contributed by atoms with E-state index >= 15 is 0 Å². The zero-order chi connectivity index (χ0) is 16.2. The number of amides is 1. The van der Waals surface area contributed by atoms with Crippen LogP contribution in [0.3, 0.4) is 0 Å². The van der Waals surface area contributed by atoms with Gasteiger partial charge in [0.25, 0.3) is 0 Å². The van der Waals surface area contributed by atoms with E-state index in [1.807, 2.05) is 0 Å². The molecular formula is C13H21NO7. The van der Waals surface area contributed by atoms with Gasteiger partial charge in [0.05, 0.1) is 0 Å². The molecule has 0 unspecified atom stereocenters. The number of ether oxygens (including phenoxy) is 4. The number of hydrogen-bond acceptors (Lipinski definition) is 7. The van der Waals surface area contributed by atoms with Gasteiger partial charge in [0.1, 0.15) is 18.8 Å². The Morgan fingerprint density at radius 3 is 2.19 bits per heavy atom. The number of carbonyl (C=O) groups is 3. The van der Waals surface area contributed by atoms with Gasteiger partial charge in [-0.3, -0.25) is 14.4 Å². The summed E-state index contributed by atoms with van der Waals surface area (Å²) in [4.78, 5) is 35.2. The smallest absolute Gasteiger partial charge is 0.303 e. The van der Waals surface area contributed by atoms with Crippen molar-refractivity contribution in [2.24, 2.45) is 0 Å². The Labute approximate surface area is 123 Å². The second-order valence-electron chi connectivity index (χ2n) is 4.78. The van der Waals surface area contributed by atoms with Gasteiger partial charge in [-0.15, -0.1) is 0 Å². The van der Waals surface area contributed by atoms with E-state index in [9.17, 15) is 14.4 Å². The van der Waals surface area contributed by atoms with E-state index < -0.39 is 36.5 Å². The molecule has 0 spiro atoms. The lowest BCUT2D eigenvalue weighted by atomic mass is 10.1. The highest BCUT2D eigenvalue weighted by Gasteiger charge is 2.50. The fourth-order valence-electron chi connectivity index (χ4n) is 2.23. The van der Waals surface area contributed by atoms with Crippen molar-refractivity contribution in [2.45, 2.75) is 45.3 Å². The number of hydrogen-bond donors (Lipinski definition) is 0. The van der Waals surface area contributed by atoms with Crippen LogP contribution in [0.1, 0.15) is 20.8 Å². The standard InChI is InChI=1S/C13H21NO7/c1-7(15)14(4)11-10(6-19-8(2)16)21-13(18-5)12(11)20-9(3)17/h10-13H,6H2,1-5H3/t10-,11-,12+,13-/m0/s1. The maximum Gasteiger partial charge on any atom is 0.303 e. The van der Waals surface area contributed by atoms with Gasteiger partial charge in [-0.25, -0.2) is 0 Å². The molecule has 120 valence electrons. The minimum absolute atomic E-state index is 0.0603. The van der Waals surface area contributed by atoms with Crippen LogP contribution in [0.4, 0.5) is 0 Å². The molecular weight excluding hydrogens is 282 g/mol. The van der Waals surface area contributed by atoms with Crippen molar-refractivity contribution in [2.75, 3.05) is 20.8 Å². The van der Waals surface area contributed by atoms with Gasteiger partial charge in [0.15, 0.2) is 12.4 Å². The van der Waals surface area contributed by atoms with Gasteiger partial charge in [0, 0.05) is 34.9 Å². The van der Waals surface area contributed by atoms with E-state index in [2.05, 4.69) is 0 Å². The van der Waals surface area contributed by atoms with Gasteiger partial charge < -0.3 is 23.8 Å². The fraction of sp³-hybridized carbons (Fsp3) is 0.769. The van der Waals surface area contributed by atoms with Crippen molar-refractivity contribution < 1.29 is 33.3 Å². The second kappa shape index (κ2) is 7.37. The molecule has 0 aromatic heterocycles. The molecule has 1 heterocycles. The SMILES string of the molecule is CO[C@H]1O[C@@H](COC(C)=O)[C@H](N(C)C(C)=O)[C@H]1OC(C)=O. The lowest BCUT2D eigenvalue weighted by Gasteiger charge is -2.30. The van der Waals surface area contributed by atoms with Crippen LogP contribution in [-0.2, 0) is 33.3 Å². The average Bonchev–Trinajstić information content (AvgIpc) is 2.72. The van der Waals surface area contributed by atoms with Gasteiger partial charge in [-0.2, -0.15) is 0 Å². The van der Waals surface area contributed by atoms with Crippen LogP contribution in [0, 0.1) is 0 Å². The summed E-state index contributed by atoms with van der Waals surface area (Å²) in [7, 11) is 2.96. The van der Waals surface area contributed by atoms with E-state index in [0.29, 0.717) is 0 Å². The van der Waals surface area contributed by atoms with Crippen LogP contribution >= 0.6 is 0 Å². The van der Waals surface area contributed by atoms with Crippen LogP contribution in [-0.4, -0.2) is 68.0 Å². The van der Waals surface area contributed by atoms with E-state index in [4.69, 9.17) is 18.9 Å². The van der Waals surface area contributed by atoms with E-state index in [1.54, 1.807) is 7.05 Å². The summed E-state index contributed by atoms with van der Waals surface area (Å²) < 4.78 is 20.9. The summed E-state index contributed by atoms with van der Waals surface area (Å²) in [5.74, 6) is -1.21. The molecule has 1 aliphatic heterocycles. The Bertz CT molecular complexity index is 411. The third kappa shape index (κ3) is 4.40. The van der Waals surface area contributed by atoms with Crippen molar-refractivity contribution in [3.8, 4) is 0 Å². The van der Waals surface area contributed by atoms with Crippen molar-refractivity contribution in [1.82, 2.24) is 4.90 Å².